The number of anilines is 1. The first kappa shape index (κ1) is 18.4. The first-order valence-corrected chi connectivity index (χ1v) is 7.56. The van der Waals surface area contributed by atoms with Crippen LogP contribution in [0.2, 0.25) is 5.02 Å². The number of hydrogen-bond acceptors (Lipinski definition) is 5. The first-order chi connectivity index (χ1) is 12.0. The molecule has 0 spiro atoms. The van der Waals surface area contributed by atoms with Crippen molar-refractivity contribution >= 4 is 29.0 Å². The van der Waals surface area contributed by atoms with Crippen LogP contribution in [-0.2, 0) is 0 Å². The van der Waals surface area contributed by atoms with Gasteiger partial charge in [0.25, 0.3) is 0 Å². The van der Waals surface area contributed by atoms with Crippen molar-refractivity contribution < 1.29 is 24.2 Å². The number of allylic oxidation sites excluding steroid dienone is 1. The summed E-state index contributed by atoms with van der Waals surface area (Å²) in [6.45, 7) is 0. The van der Waals surface area contributed by atoms with Crippen LogP contribution in [0.4, 0.5) is 5.69 Å². The zero-order chi connectivity index (χ0) is 18.4. The summed E-state index contributed by atoms with van der Waals surface area (Å²) in [4.78, 5) is 23.2. The lowest BCUT2D eigenvalue weighted by Crippen LogP contribution is -2.02. The quantitative estimate of drug-likeness (QED) is 0.575. The molecule has 2 aromatic rings. The van der Waals surface area contributed by atoms with E-state index in [1.807, 2.05) is 0 Å². The lowest BCUT2D eigenvalue weighted by Gasteiger charge is -2.10. The average Bonchev–Trinajstić information content (AvgIpc) is 2.62. The van der Waals surface area contributed by atoms with Crippen molar-refractivity contribution in [1.29, 1.82) is 0 Å². The SMILES string of the molecule is COc1ccc(C(=O)C=CNc2cc(OC)c(C(=O)O)cc2Cl)cc1. The van der Waals surface area contributed by atoms with Crippen molar-refractivity contribution in [3.8, 4) is 11.5 Å². The Morgan fingerprint density at radius 1 is 1.12 bits per heavy atom. The van der Waals surface area contributed by atoms with E-state index in [2.05, 4.69) is 5.32 Å². The minimum absolute atomic E-state index is 0.0451. The van der Waals surface area contributed by atoms with Crippen LogP contribution in [-0.4, -0.2) is 31.1 Å². The molecule has 25 heavy (non-hydrogen) atoms. The Morgan fingerprint density at radius 3 is 2.36 bits per heavy atom. The van der Waals surface area contributed by atoms with Gasteiger partial charge in [0, 0.05) is 23.9 Å². The molecule has 0 bridgehead atoms. The van der Waals surface area contributed by atoms with Crippen molar-refractivity contribution in [2.24, 2.45) is 0 Å². The van der Waals surface area contributed by atoms with Crippen molar-refractivity contribution in [2.75, 3.05) is 19.5 Å². The molecule has 6 nitrogen and oxygen atoms in total. The van der Waals surface area contributed by atoms with Crippen LogP contribution in [0.5, 0.6) is 11.5 Å². The van der Waals surface area contributed by atoms with Crippen LogP contribution in [0, 0.1) is 0 Å². The van der Waals surface area contributed by atoms with Gasteiger partial charge >= 0.3 is 5.97 Å². The molecule has 0 radical (unpaired) electrons. The third-order valence-corrected chi connectivity index (χ3v) is 3.68. The molecule has 2 rings (SSSR count). The Bertz CT molecular complexity index is 815. The lowest BCUT2D eigenvalue weighted by molar-refractivity contribution is 0.0693. The number of halogens is 1. The zero-order valence-electron chi connectivity index (χ0n) is 13.6. The molecule has 0 aliphatic rings. The van der Waals surface area contributed by atoms with E-state index in [0.717, 1.165) is 0 Å². The Hall–Kier alpha value is -2.99. The standard InChI is InChI=1S/C18H16ClNO5/c1-24-12-5-3-11(4-6-12)16(21)7-8-20-15-10-17(25-2)13(18(22)23)9-14(15)19/h3-10,20H,1-2H3,(H,22,23). The summed E-state index contributed by atoms with van der Waals surface area (Å²) in [6, 6.07) is 9.44. The number of nitrogens with one attached hydrogen (secondary N) is 1. The Labute approximate surface area is 149 Å². The van der Waals surface area contributed by atoms with Gasteiger partial charge in [0.2, 0.25) is 0 Å². The second-order valence-corrected chi connectivity index (χ2v) is 5.32. The monoisotopic (exact) mass is 361 g/mol. The van der Waals surface area contributed by atoms with Gasteiger partial charge in [0.05, 0.1) is 24.9 Å². The molecule has 0 saturated heterocycles. The van der Waals surface area contributed by atoms with Gasteiger partial charge in [0.1, 0.15) is 17.1 Å². The van der Waals surface area contributed by atoms with Crippen molar-refractivity contribution in [3.63, 3.8) is 0 Å². The average molecular weight is 362 g/mol. The van der Waals surface area contributed by atoms with Crippen LogP contribution >= 0.6 is 11.6 Å². The van der Waals surface area contributed by atoms with Gasteiger partial charge in [-0.3, -0.25) is 4.79 Å². The highest BCUT2D eigenvalue weighted by Crippen LogP contribution is 2.31. The highest BCUT2D eigenvalue weighted by Gasteiger charge is 2.14. The van der Waals surface area contributed by atoms with Gasteiger partial charge in [-0.25, -0.2) is 4.79 Å². The molecule has 0 unspecified atom stereocenters. The Morgan fingerprint density at radius 2 is 1.80 bits per heavy atom. The fraction of sp³-hybridized carbons (Fsp3) is 0.111. The number of carbonyl (C=O) groups is 2. The van der Waals surface area contributed by atoms with Crippen LogP contribution in [0.3, 0.4) is 0 Å². The maximum atomic E-state index is 12.1. The highest BCUT2D eigenvalue weighted by atomic mass is 35.5. The second kappa shape index (κ2) is 8.21. The van der Waals surface area contributed by atoms with Crippen LogP contribution in [0.15, 0.2) is 48.7 Å². The molecule has 0 fully saturated rings. The van der Waals surface area contributed by atoms with Gasteiger partial charge in [-0.15, -0.1) is 0 Å². The van der Waals surface area contributed by atoms with Gasteiger partial charge in [-0.2, -0.15) is 0 Å². The molecule has 7 heteroatoms. The smallest absolute Gasteiger partial charge is 0.339 e. The van der Waals surface area contributed by atoms with Gasteiger partial charge in [-0.05, 0) is 30.3 Å². The molecule has 0 aliphatic carbocycles. The molecule has 0 amide bonds. The molecular weight excluding hydrogens is 346 g/mol. The molecule has 2 aromatic carbocycles. The van der Waals surface area contributed by atoms with E-state index < -0.39 is 5.97 Å². The molecule has 0 heterocycles. The van der Waals surface area contributed by atoms with Crippen LogP contribution in [0.25, 0.3) is 0 Å². The molecule has 0 atom stereocenters. The van der Waals surface area contributed by atoms with E-state index in [4.69, 9.17) is 26.2 Å². The second-order valence-electron chi connectivity index (χ2n) is 4.91. The molecule has 0 aliphatic heterocycles. The number of benzene rings is 2. The largest absolute Gasteiger partial charge is 0.497 e. The van der Waals surface area contributed by atoms with Crippen molar-refractivity contribution in [2.45, 2.75) is 0 Å². The van der Waals surface area contributed by atoms with Crippen LogP contribution in [0.1, 0.15) is 20.7 Å². The predicted molar refractivity (Wildman–Crippen MR) is 95.1 cm³/mol. The molecular formula is C18H16ClNO5. The van der Waals surface area contributed by atoms with Crippen molar-refractivity contribution in [3.05, 3.63) is 64.8 Å². The fourth-order valence-corrected chi connectivity index (χ4v) is 2.28. The predicted octanol–water partition coefficient (Wildman–Crippen LogP) is 3.86. The number of rotatable bonds is 7. The van der Waals surface area contributed by atoms with E-state index >= 15 is 0 Å². The fourth-order valence-electron chi connectivity index (χ4n) is 2.06. The summed E-state index contributed by atoms with van der Waals surface area (Å²) in [5.41, 5.74) is 0.877. The van der Waals surface area contributed by atoms with E-state index in [0.29, 0.717) is 17.0 Å². The van der Waals surface area contributed by atoms with E-state index in [-0.39, 0.29) is 22.1 Å². The lowest BCUT2D eigenvalue weighted by atomic mass is 10.1. The molecule has 130 valence electrons. The zero-order valence-corrected chi connectivity index (χ0v) is 14.3. The number of ketones is 1. The minimum Gasteiger partial charge on any atom is -0.497 e. The summed E-state index contributed by atoms with van der Waals surface area (Å²) in [6.07, 6.45) is 2.77. The molecule has 2 N–H and O–H groups in total. The number of ether oxygens (including phenoxy) is 2. The van der Waals surface area contributed by atoms with E-state index in [1.54, 1.807) is 31.4 Å². The molecule has 0 aromatic heterocycles. The van der Waals surface area contributed by atoms with E-state index in [9.17, 15) is 9.59 Å². The Balaban J connectivity index is 2.13. The van der Waals surface area contributed by atoms with E-state index in [1.165, 1.54) is 31.5 Å². The summed E-state index contributed by atoms with van der Waals surface area (Å²) < 4.78 is 10.1. The molecule has 0 saturated carbocycles. The van der Waals surface area contributed by atoms with Gasteiger partial charge in [-0.1, -0.05) is 11.6 Å². The normalized spacial score (nSPS) is 10.5. The third kappa shape index (κ3) is 4.51. The summed E-state index contributed by atoms with van der Waals surface area (Å²) in [5, 5.41) is 12.1. The Kier molecular flexibility index (Phi) is 6.03. The number of methoxy groups -OCH3 is 2. The van der Waals surface area contributed by atoms with Gasteiger partial charge in [0.15, 0.2) is 5.78 Å². The first-order valence-electron chi connectivity index (χ1n) is 7.18. The minimum atomic E-state index is -1.14. The number of aromatic carboxylic acids is 1. The number of carboxylic acids is 1. The topological polar surface area (TPSA) is 84.9 Å². The van der Waals surface area contributed by atoms with Gasteiger partial charge < -0.3 is 19.9 Å². The van der Waals surface area contributed by atoms with Crippen molar-refractivity contribution in [1.82, 2.24) is 0 Å². The third-order valence-electron chi connectivity index (χ3n) is 3.37. The number of carboxylic acid groups (broad SMARTS) is 1. The summed E-state index contributed by atoms with van der Waals surface area (Å²) >= 11 is 6.05. The maximum Gasteiger partial charge on any atom is 0.339 e. The van der Waals surface area contributed by atoms with Crippen LogP contribution < -0.4 is 14.8 Å². The maximum absolute atomic E-state index is 12.1. The summed E-state index contributed by atoms with van der Waals surface area (Å²) in [7, 11) is 2.91. The number of carbonyl (C=O) groups excluding carboxylic acids is 1. The number of hydrogen-bond donors (Lipinski definition) is 2. The highest BCUT2D eigenvalue weighted by molar-refractivity contribution is 6.33. The summed E-state index contributed by atoms with van der Waals surface area (Å²) in [5.74, 6) is -0.527.